The van der Waals surface area contributed by atoms with Crippen LogP contribution in [0.2, 0.25) is 0 Å². The standard InChI is InChI=1S/C31H46N4O7S/c1-21(2)25-17-34(22(3)36)18-27(41-5)30(39)26(37)19-42-15-7-6-14-35(28(38)20-43-31-32-12-9-13-33-31)29(25)23-10-8-11-24(16-23)40-4/h8-13,16,21,25-27,29-30,37,39H,6-7,14-15,17-20H2,1-5H3/t25-,26+,27+,29-,30+/m1/s1. The number of methoxy groups -OCH3 is 2. The number of thioether (sulfide) groups is 1. The molecule has 2 amide bonds. The number of rotatable bonds is 7. The Labute approximate surface area is 258 Å². The molecular weight excluding hydrogens is 572 g/mol. The van der Waals surface area contributed by atoms with Gasteiger partial charge in [0.25, 0.3) is 0 Å². The first kappa shape index (κ1) is 34.7. The number of hydrogen-bond donors (Lipinski definition) is 2. The fourth-order valence-corrected chi connectivity index (χ4v) is 6.00. The first-order chi connectivity index (χ1) is 20.7. The molecule has 5 atom stereocenters. The van der Waals surface area contributed by atoms with Crippen molar-refractivity contribution in [2.75, 3.05) is 52.8 Å². The van der Waals surface area contributed by atoms with E-state index in [9.17, 15) is 19.8 Å². The molecule has 3 rings (SSSR count). The maximum absolute atomic E-state index is 14.1. The maximum Gasteiger partial charge on any atom is 0.233 e. The van der Waals surface area contributed by atoms with Gasteiger partial charge in [-0.3, -0.25) is 9.59 Å². The van der Waals surface area contributed by atoms with Crippen molar-refractivity contribution in [1.29, 1.82) is 0 Å². The van der Waals surface area contributed by atoms with Crippen molar-refractivity contribution in [2.45, 2.75) is 63.1 Å². The van der Waals surface area contributed by atoms with E-state index in [1.165, 1.54) is 25.8 Å². The van der Waals surface area contributed by atoms with Crippen molar-refractivity contribution in [3.05, 3.63) is 48.3 Å². The number of aliphatic hydroxyl groups excluding tert-OH is 2. The molecule has 0 radical (unpaired) electrons. The third-order valence-electron chi connectivity index (χ3n) is 7.80. The summed E-state index contributed by atoms with van der Waals surface area (Å²) >= 11 is 1.28. The number of carbonyl (C=O) groups excluding carboxylic acids is 2. The van der Waals surface area contributed by atoms with Gasteiger partial charge in [-0.1, -0.05) is 37.7 Å². The van der Waals surface area contributed by atoms with Crippen molar-refractivity contribution >= 4 is 23.6 Å². The number of nitrogens with zero attached hydrogens (tertiary/aromatic N) is 4. The highest BCUT2D eigenvalue weighted by atomic mass is 32.2. The number of aliphatic hydroxyl groups is 2. The summed E-state index contributed by atoms with van der Waals surface area (Å²) in [7, 11) is 3.05. The van der Waals surface area contributed by atoms with Crippen LogP contribution in [0.4, 0.5) is 0 Å². The first-order valence-corrected chi connectivity index (χ1v) is 15.7. The lowest BCUT2D eigenvalue weighted by molar-refractivity contribution is -0.139. The van der Waals surface area contributed by atoms with E-state index in [1.807, 2.05) is 29.2 Å². The van der Waals surface area contributed by atoms with E-state index in [0.717, 1.165) is 5.56 Å². The van der Waals surface area contributed by atoms with Crippen LogP contribution < -0.4 is 4.74 Å². The SMILES string of the molecule is COc1cccc([C@@H]2[C@@H](C(C)C)CN(C(C)=O)C[C@H](OC)[C@@H](O)[C@@H](O)COCCCCN2C(=O)CSc2ncccn2)c1. The summed E-state index contributed by atoms with van der Waals surface area (Å²) < 4.78 is 16.8. The molecule has 1 fully saturated rings. The van der Waals surface area contributed by atoms with E-state index < -0.39 is 24.4 Å². The second-order valence-electron chi connectivity index (χ2n) is 11.1. The third kappa shape index (κ3) is 10.1. The number of ether oxygens (including phenoxy) is 3. The molecule has 2 heterocycles. The van der Waals surface area contributed by atoms with E-state index in [-0.39, 0.29) is 42.6 Å². The predicted molar refractivity (Wildman–Crippen MR) is 164 cm³/mol. The monoisotopic (exact) mass is 618 g/mol. The van der Waals surface area contributed by atoms with Crippen molar-refractivity contribution in [1.82, 2.24) is 19.8 Å². The van der Waals surface area contributed by atoms with Gasteiger partial charge < -0.3 is 34.2 Å². The third-order valence-corrected chi connectivity index (χ3v) is 8.66. The van der Waals surface area contributed by atoms with Gasteiger partial charge in [0.1, 0.15) is 24.1 Å². The molecule has 2 aromatic rings. The molecule has 2 N–H and O–H groups in total. The van der Waals surface area contributed by atoms with Crippen LogP contribution in [-0.2, 0) is 19.1 Å². The normalized spacial score (nSPS) is 24.7. The largest absolute Gasteiger partial charge is 0.497 e. The predicted octanol–water partition coefficient (Wildman–Crippen LogP) is 2.82. The molecule has 1 aliphatic rings. The van der Waals surface area contributed by atoms with Gasteiger partial charge >= 0.3 is 0 Å². The summed E-state index contributed by atoms with van der Waals surface area (Å²) in [5.74, 6) is 0.397. The van der Waals surface area contributed by atoms with Crippen LogP contribution in [0.5, 0.6) is 5.75 Å². The average Bonchev–Trinajstić information content (AvgIpc) is 3.01. The quantitative estimate of drug-likeness (QED) is 0.352. The van der Waals surface area contributed by atoms with Crippen LogP contribution in [-0.4, -0.2) is 113 Å². The summed E-state index contributed by atoms with van der Waals surface area (Å²) in [4.78, 5) is 39.2. The van der Waals surface area contributed by atoms with Crippen LogP contribution in [0.15, 0.2) is 47.9 Å². The molecule has 1 aromatic carbocycles. The van der Waals surface area contributed by atoms with Crippen LogP contribution in [0.3, 0.4) is 0 Å². The highest BCUT2D eigenvalue weighted by Crippen LogP contribution is 2.37. The zero-order chi connectivity index (χ0) is 31.4. The Morgan fingerprint density at radius 2 is 1.86 bits per heavy atom. The maximum atomic E-state index is 14.1. The average molecular weight is 619 g/mol. The van der Waals surface area contributed by atoms with Crippen LogP contribution in [0.25, 0.3) is 0 Å². The number of carbonyl (C=O) groups is 2. The lowest BCUT2D eigenvalue weighted by atomic mass is 9.82. The summed E-state index contributed by atoms with van der Waals surface area (Å²) in [6.07, 6.45) is 1.33. The fraction of sp³-hybridized carbons (Fsp3) is 0.613. The van der Waals surface area contributed by atoms with Gasteiger partial charge in [-0.2, -0.15) is 0 Å². The van der Waals surface area contributed by atoms with E-state index in [1.54, 1.807) is 30.5 Å². The number of benzene rings is 1. The minimum Gasteiger partial charge on any atom is -0.497 e. The van der Waals surface area contributed by atoms with Gasteiger partial charge in [0, 0.05) is 58.6 Å². The van der Waals surface area contributed by atoms with Gasteiger partial charge in [0.15, 0.2) is 5.16 Å². The number of amides is 2. The lowest BCUT2D eigenvalue weighted by Crippen LogP contribution is -2.51. The Morgan fingerprint density at radius 3 is 2.51 bits per heavy atom. The molecule has 1 aliphatic heterocycles. The Balaban J connectivity index is 2.08. The highest BCUT2D eigenvalue weighted by Gasteiger charge is 2.37. The lowest BCUT2D eigenvalue weighted by Gasteiger charge is -2.42. The zero-order valence-corrected chi connectivity index (χ0v) is 26.6. The Kier molecular flexibility index (Phi) is 14.1. The van der Waals surface area contributed by atoms with Crippen molar-refractivity contribution in [2.24, 2.45) is 11.8 Å². The minimum atomic E-state index is -1.25. The zero-order valence-electron chi connectivity index (χ0n) is 25.8. The van der Waals surface area contributed by atoms with E-state index in [0.29, 0.717) is 43.4 Å². The highest BCUT2D eigenvalue weighted by molar-refractivity contribution is 7.99. The topological polar surface area (TPSA) is 135 Å². The second-order valence-corrected chi connectivity index (χ2v) is 12.0. The van der Waals surface area contributed by atoms with E-state index in [2.05, 4.69) is 23.8 Å². The molecule has 1 saturated heterocycles. The second kappa shape index (κ2) is 17.5. The summed E-state index contributed by atoms with van der Waals surface area (Å²) in [5.41, 5.74) is 0.898. The molecule has 12 heteroatoms. The van der Waals surface area contributed by atoms with Crippen LogP contribution >= 0.6 is 11.8 Å². The molecule has 0 bridgehead atoms. The molecule has 1 aromatic heterocycles. The Bertz CT molecular complexity index is 1140. The molecule has 11 nitrogen and oxygen atoms in total. The molecular formula is C31H46N4O7S. The van der Waals surface area contributed by atoms with Crippen LogP contribution in [0.1, 0.15) is 45.2 Å². The van der Waals surface area contributed by atoms with Crippen molar-refractivity contribution in [3.63, 3.8) is 0 Å². The van der Waals surface area contributed by atoms with Crippen LogP contribution in [0, 0.1) is 11.8 Å². The summed E-state index contributed by atoms with van der Waals surface area (Å²) in [6.45, 7) is 6.74. The molecule has 0 unspecified atom stereocenters. The molecule has 0 spiro atoms. The molecule has 43 heavy (non-hydrogen) atoms. The smallest absolute Gasteiger partial charge is 0.233 e. The minimum absolute atomic E-state index is 0.0500. The molecule has 0 saturated carbocycles. The first-order valence-electron chi connectivity index (χ1n) is 14.7. The number of aromatic nitrogens is 2. The van der Waals surface area contributed by atoms with Gasteiger partial charge in [-0.15, -0.1) is 0 Å². The van der Waals surface area contributed by atoms with Gasteiger partial charge in [0.05, 0.1) is 25.5 Å². The summed E-state index contributed by atoms with van der Waals surface area (Å²) in [6, 6.07) is 9.04. The van der Waals surface area contributed by atoms with E-state index >= 15 is 0 Å². The Morgan fingerprint density at radius 1 is 1.12 bits per heavy atom. The van der Waals surface area contributed by atoms with Gasteiger partial charge in [0.2, 0.25) is 11.8 Å². The van der Waals surface area contributed by atoms with Crippen molar-refractivity contribution < 1.29 is 34.0 Å². The number of hydrogen-bond acceptors (Lipinski definition) is 10. The molecule has 238 valence electrons. The van der Waals surface area contributed by atoms with Gasteiger partial charge in [-0.25, -0.2) is 9.97 Å². The fourth-order valence-electron chi connectivity index (χ4n) is 5.31. The summed E-state index contributed by atoms with van der Waals surface area (Å²) in [5, 5.41) is 22.0. The Hall–Kier alpha value is -2.77. The van der Waals surface area contributed by atoms with Gasteiger partial charge in [-0.05, 0) is 42.5 Å². The van der Waals surface area contributed by atoms with E-state index in [4.69, 9.17) is 14.2 Å². The van der Waals surface area contributed by atoms with Crippen molar-refractivity contribution in [3.8, 4) is 5.75 Å². The molecule has 0 aliphatic carbocycles.